The largest absolute Gasteiger partial charge is 0.487 e. The lowest BCUT2D eigenvalue weighted by atomic mass is 10.0. The SMILES string of the molecule is C[C@H](O)C#Cc1ccc2c(c1)O[C@H](CN(C)Cc1cncnc1)[C@H](C)CN([C@H](C)CO)S2(=O)=O. The van der Waals surface area contributed by atoms with Gasteiger partial charge in [0, 0.05) is 55.1 Å². The zero-order chi connectivity index (χ0) is 24.9. The Morgan fingerprint density at radius 3 is 2.65 bits per heavy atom. The maximum atomic E-state index is 13.5. The van der Waals surface area contributed by atoms with Gasteiger partial charge in [-0.2, -0.15) is 4.31 Å². The Morgan fingerprint density at radius 1 is 1.29 bits per heavy atom. The molecule has 1 aromatic carbocycles. The van der Waals surface area contributed by atoms with Crippen LogP contribution in [0.15, 0.2) is 41.8 Å². The van der Waals surface area contributed by atoms with Crippen LogP contribution in [0.4, 0.5) is 0 Å². The van der Waals surface area contributed by atoms with Crippen molar-refractivity contribution in [2.45, 2.75) is 50.5 Å². The average Bonchev–Trinajstić information content (AvgIpc) is 2.80. The van der Waals surface area contributed by atoms with Crippen LogP contribution in [-0.2, 0) is 16.6 Å². The van der Waals surface area contributed by atoms with Crippen LogP contribution < -0.4 is 4.74 Å². The molecule has 0 unspecified atom stereocenters. The number of rotatable bonds is 6. The van der Waals surface area contributed by atoms with Crippen molar-refractivity contribution >= 4 is 10.0 Å². The first-order valence-corrected chi connectivity index (χ1v) is 12.6. The second kappa shape index (κ2) is 11.3. The molecule has 0 amide bonds. The number of hydrogen-bond donors (Lipinski definition) is 2. The molecule has 2 N–H and O–H groups in total. The number of aromatic nitrogens is 2. The highest BCUT2D eigenvalue weighted by atomic mass is 32.2. The Bertz CT molecular complexity index is 1130. The maximum Gasteiger partial charge on any atom is 0.247 e. The van der Waals surface area contributed by atoms with Crippen LogP contribution in [0.5, 0.6) is 5.75 Å². The molecule has 3 rings (SSSR count). The van der Waals surface area contributed by atoms with Crippen molar-refractivity contribution in [3.63, 3.8) is 0 Å². The monoisotopic (exact) mass is 488 g/mol. The highest BCUT2D eigenvalue weighted by Gasteiger charge is 2.38. The summed E-state index contributed by atoms with van der Waals surface area (Å²) in [5.41, 5.74) is 1.50. The van der Waals surface area contributed by atoms with E-state index in [2.05, 4.69) is 26.7 Å². The summed E-state index contributed by atoms with van der Waals surface area (Å²) in [5, 5.41) is 19.2. The van der Waals surface area contributed by atoms with Crippen molar-refractivity contribution in [2.75, 3.05) is 26.7 Å². The zero-order valence-corrected chi connectivity index (χ0v) is 20.7. The Morgan fingerprint density at radius 2 is 2.00 bits per heavy atom. The van der Waals surface area contributed by atoms with E-state index in [4.69, 9.17) is 4.74 Å². The van der Waals surface area contributed by atoms with E-state index in [-0.39, 0.29) is 35.8 Å². The number of fused-ring (bicyclic) bond motifs is 1. The second-order valence-electron chi connectivity index (χ2n) is 8.79. The predicted molar refractivity (Wildman–Crippen MR) is 127 cm³/mol. The molecule has 2 heterocycles. The summed E-state index contributed by atoms with van der Waals surface area (Å²) in [6, 6.07) is 4.08. The molecule has 9 nitrogen and oxygen atoms in total. The molecule has 34 heavy (non-hydrogen) atoms. The lowest BCUT2D eigenvalue weighted by molar-refractivity contribution is 0.0733. The third-order valence-corrected chi connectivity index (χ3v) is 7.67. The van der Waals surface area contributed by atoms with Crippen molar-refractivity contribution in [3.05, 3.63) is 48.0 Å². The molecule has 2 aromatic rings. The van der Waals surface area contributed by atoms with Gasteiger partial charge in [-0.05, 0) is 39.1 Å². The Hall–Kier alpha value is -2.55. The molecule has 0 saturated heterocycles. The molecule has 0 aliphatic carbocycles. The number of hydrogen-bond acceptors (Lipinski definition) is 8. The third kappa shape index (κ3) is 6.31. The maximum absolute atomic E-state index is 13.5. The van der Waals surface area contributed by atoms with Crippen molar-refractivity contribution in [1.82, 2.24) is 19.2 Å². The van der Waals surface area contributed by atoms with Crippen LogP contribution in [-0.4, -0.2) is 82.8 Å². The number of aliphatic hydroxyl groups is 2. The van der Waals surface area contributed by atoms with Crippen molar-refractivity contribution in [2.24, 2.45) is 5.92 Å². The first-order valence-electron chi connectivity index (χ1n) is 11.2. The first kappa shape index (κ1) is 26.1. The predicted octanol–water partition coefficient (Wildman–Crippen LogP) is 1.11. The lowest BCUT2D eigenvalue weighted by Crippen LogP contribution is -2.49. The second-order valence-corrected chi connectivity index (χ2v) is 10.6. The topological polar surface area (TPSA) is 116 Å². The Kier molecular flexibility index (Phi) is 8.62. The molecule has 10 heteroatoms. The lowest BCUT2D eigenvalue weighted by Gasteiger charge is -2.37. The van der Waals surface area contributed by atoms with Gasteiger partial charge in [0.2, 0.25) is 10.0 Å². The fourth-order valence-electron chi connectivity index (χ4n) is 3.80. The van der Waals surface area contributed by atoms with E-state index >= 15 is 0 Å². The van der Waals surface area contributed by atoms with E-state index in [1.54, 1.807) is 38.4 Å². The van der Waals surface area contributed by atoms with E-state index in [1.807, 2.05) is 14.0 Å². The minimum absolute atomic E-state index is 0.0337. The molecule has 184 valence electrons. The average molecular weight is 489 g/mol. The highest BCUT2D eigenvalue weighted by Crippen LogP contribution is 2.34. The molecular weight excluding hydrogens is 456 g/mol. The van der Waals surface area contributed by atoms with Gasteiger partial charge in [0.25, 0.3) is 0 Å². The van der Waals surface area contributed by atoms with Crippen LogP contribution in [0.1, 0.15) is 31.9 Å². The van der Waals surface area contributed by atoms with E-state index in [9.17, 15) is 18.6 Å². The van der Waals surface area contributed by atoms with Crippen LogP contribution in [0, 0.1) is 17.8 Å². The zero-order valence-electron chi connectivity index (χ0n) is 19.9. The number of likely N-dealkylation sites (N-methyl/N-ethyl adjacent to an activating group) is 1. The summed E-state index contributed by atoms with van der Waals surface area (Å²) in [4.78, 5) is 10.2. The Labute approximate surface area is 201 Å². The fourth-order valence-corrected chi connectivity index (χ4v) is 5.63. The van der Waals surface area contributed by atoms with E-state index in [0.29, 0.717) is 18.7 Å². The summed E-state index contributed by atoms with van der Waals surface area (Å²) in [7, 11) is -1.96. The molecule has 1 aromatic heterocycles. The summed E-state index contributed by atoms with van der Waals surface area (Å²) >= 11 is 0. The number of aliphatic hydroxyl groups excluding tert-OH is 2. The minimum atomic E-state index is -3.91. The Balaban J connectivity index is 1.99. The van der Waals surface area contributed by atoms with Crippen LogP contribution in [0.2, 0.25) is 0 Å². The molecule has 1 aliphatic rings. The summed E-state index contributed by atoms with van der Waals surface area (Å²) in [5.74, 6) is 5.56. The first-order chi connectivity index (χ1) is 16.1. The highest BCUT2D eigenvalue weighted by molar-refractivity contribution is 7.89. The van der Waals surface area contributed by atoms with Gasteiger partial charge in [0.15, 0.2) is 0 Å². The van der Waals surface area contributed by atoms with Gasteiger partial charge in [-0.1, -0.05) is 18.8 Å². The quantitative estimate of drug-likeness (QED) is 0.581. The molecular formula is C24H32N4O5S. The van der Waals surface area contributed by atoms with Crippen molar-refractivity contribution in [3.8, 4) is 17.6 Å². The van der Waals surface area contributed by atoms with Crippen LogP contribution >= 0.6 is 0 Å². The van der Waals surface area contributed by atoms with E-state index in [1.165, 1.54) is 16.7 Å². The normalized spacial score (nSPS) is 21.9. The van der Waals surface area contributed by atoms with Gasteiger partial charge in [-0.15, -0.1) is 0 Å². The molecule has 0 bridgehead atoms. The van der Waals surface area contributed by atoms with Gasteiger partial charge in [0.05, 0.1) is 6.61 Å². The number of sulfonamides is 1. The molecule has 1 aliphatic heterocycles. The molecule has 0 fully saturated rings. The number of ether oxygens (including phenoxy) is 1. The molecule has 0 saturated carbocycles. The van der Waals surface area contributed by atoms with Gasteiger partial charge < -0.3 is 14.9 Å². The van der Waals surface area contributed by atoms with Crippen molar-refractivity contribution in [1.29, 1.82) is 0 Å². The minimum Gasteiger partial charge on any atom is -0.487 e. The third-order valence-electron chi connectivity index (χ3n) is 5.65. The van der Waals surface area contributed by atoms with Gasteiger partial charge >= 0.3 is 0 Å². The van der Waals surface area contributed by atoms with Gasteiger partial charge in [-0.3, -0.25) is 4.90 Å². The van der Waals surface area contributed by atoms with Crippen LogP contribution in [0.25, 0.3) is 0 Å². The number of benzene rings is 1. The standard InChI is InChI=1S/C24H32N4O5S/c1-17-12-28(18(2)15-29)34(31,32)24-8-7-20(6-5-19(3)30)9-22(24)33-23(17)14-27(4)13-21-10-25-16-26-11-21/h7-11,16-19,23,29-30H,12-15H2,1-4H3/t17-,18-,19+,23-/m1/s1. The summed E-state index contributed by atoms with van der Waals surface area (Å²) in [6.07, 6.45) is 3.85. The van der Waals surface area contributed by atoms with Crippen molar-refractivity contribution < 1.29 is 23.4 Å². The molecule has 0 radical (unpaired) electrons. The van der Waals surface area contributed by atoms with Gasteiger partial charge in [-0.25, -0.2) is 18.4 Å². The summed E-state index contributed by atoms with van der Waals surface area (Å²) < 4.78 is 34.7. The smallest absolute Gasteiger partial charge is 0.247 e. The van der Waals surface area contributed by atoms with E-state index < -0.39 is 22.2 Å². The van der Waals surface area contributed by atoms with E-state index in [0.717, 1.165) is 5.56 Å². The van der Waals surface area contributed by atoms with Gasteiger partial charge in [0.1, 0.15) is 29.2 Å². The van der Waals surface area contributed by atoms with Crippen LogP contribution in [0.3, 0.4) is 0 Å². The summed E-state index contributed by atoms with van der Waals surface area (Å²) in [6.45, 7) is 6.24. The molecule has 0 spiro atoms. The fraction of sp³-hybridized carbons (Fsp3) is 0.500. The number of nitrogens with zero attached hydrogens (tertiary/aromatic N) is 4. The molecule has 4 atom stereocenters.